The molecule has 2 N–H and O–H groups in total. The van der Waals surface area contributed by atoms with Crippen LogP contribution in [0.2, 0.25) is 0 Å². The summed E-state index contributed by atoms with van der Waals surface area (Å²) in [5.74, 6) is 0.950. The molecule has 0 aromatic heterocycles. The van der Waals surface area contributed by atoms with E-state index in [1.165, 1.54) is 32.9 Å². The summed E-state index contributed by atoms with van der Waals surface area (Å²) in [6.45, 7) is 12.3. The van der Waals surface area contributed by atoms with Crippen molar-refractivity contribution in [1.82, 2.24) is 10.6 Å². The summed E-state index contributed by atoms with van der Waals surface area (Å²) in [4.78, 5) is 10.8. The SMILES string of the molecule is CC.CC(=O)NC1=C(C)C=CCC=C1.CC1CCNCC1. The van der Waals surface area contributed by atoms with Gasteiger partial charge in [-0.3, -0.25) is 4.79 Å². The molecule has 0 aromatic carbocycles. The highest BCUT2D eigenvalue weighted by Gasteiger charge is 2.05. The Morgan fingerprint density at radius 3 is 2.24 bits per heavy atom. The molecule has 0 atom stereocenters. The summed E-state index contributed by atoms with van der Waals surface area (Å²) in [5.41, 5.74) is 2.00. The molecule has 0 spiro atoms. The van der Waals surface area contributed by atoms with Crippen molar-refractivity contribution in [3.05, 3.63) is 35.6 Å². The average molecular weight is 292 g/mol. The summed E-state index contributed by atoms with van der Waals surface area (Å²) >= 11 is 0. The van der Waals surface area contributed by atoms with Gasteiger partial charge in [-0.05, 0) is 56.8 Å². The van der Waals surface area contributed by atoms with Crippen LogP contribution in [-0.4, -0.2) is 19.0 Å². The Bertz CT molecular complexity index is 375. The zero-order valence-corrected chi connectivity index (χ0v) is 14.3. The van der Waals surface area contributed by atoms with Crippen LogP contribution in [0.4, 0.5) is 0 Å². The first-order valence-corrected chi connectivity index (χ1v) is 8.12. The van der Waals surface area contributed by atoms with E-state index in [9.17, 15) is 4.79 Å². The summed E-state index contributed by atoms with van der Waals surface area (Å²) in [6, 6.07) is 0. The molecule has 2 aliphatic rings. The average Bonchev–Trinajstić information content (AvgIpc) is 2.67. The number of nitrogens with one attached hydrogen (secondary N) is 2. The first kappa shape index (κ1) is 19.7. The number of hydrogen-bond donors (Lipinski definition) is 2. The highest BCUT2D eigenvalue weighted by atomic mass is 16.1. The molecular formula is C18H32N2O. The van der Waals surface area contributed by atoms with Crippen LogP contribution in [0, 0.1) is 5.92 Å². The third-order valence-electron chi connectivity index (χ3n) is 3.29. The van der Waals surface area contributed by atoms with Crippen LogP contribution in [0.3, 0.4) is 0 Å². The van der Waals surface area contributed by atoms with Gasteiger partial charge in [0.25, 0.3) is 0 Å². The summed E-state index contributed by atoms with van der Waals surface area (Å²) in [7, 11) is 0. The Balaban J connectivity index is 0.000000377. The third kappa shape index (κ3) is 10.1. The molecule has 1 heterocycles. The van der Waals surface area contributed by atoms with Gasteiger partial charge in [0, 0.05) is 12.6 Å². The van der Waals surface area contributed by atoms with Gasteiger partial charge in [0.15, 0.2) is 0 Å². The lowest BCUT2D eigenvalue weighted by atomic mass is 10.0. The van der Waals surface area contributed by atoms with Crippen molar-refractivity contribution < 1.29 is 4.79 Å². The first-order chi connectivity index (χ1) is 10.1. The van der Waals surface area contributed by atoms with Crippen LogP contribution < -0.4 is 10.6 Å². The highest BCUT2D eigenvalue weighted by molar-refractivity contribution is 5.75. The van der Waals surface area contributed by atoms with Crippen molar-refractivity contribution in [2.45, 2.75) is 53.9 Å². The number of carbonyl (C=O) groups excluding carboxylic acids is 1. The molecular weight excluding hydrogens is 260 g/mol. The fourth-order valence-corrected chi connectivity index (χ4v) is 2.03. The second-order valence-corrected chi connectivity index (χ2v) is 5.25. The Morgan fingerprint density at radius 2 is 1.76 bits per heavy atom. The van der Waals surface area contributed by atoms with Crippen molar-refractivity contribution in [2.75, 3.05) is 13.1 Å². The molecule has 0 unspecified atom stereocenters. The molecule has 3 nitrogen and oxygen atoms in total. The lowest BCUT2D eigenvalue weighted by Gasteiger charge is -2.17. The van der Waals surface area contributed by atoms with Gasteiger partial charge in [-0.1, -0.05) is 39.0 Å². The number of rotatable bonds is 1. The molecule has 0 aromatic rings. The van der Waals surface area contributed by atoms with Crippen LogP contribution in [0.15, 0.2) is 35.6 Å². The summed E-state index contributed by atoms with van der Waals surface area (Å²) in [5, 5.41) is 6.09. The van der Waals surface area contributed by atoms with Gasteiger partial charge in [-0.25, -0.2) is 0 Å². The van der Waals surface area contributed by atoms with Gasteiger partial charge in [-0.15, -0.1) is 0 Å². The lowest BCUT2D eigenvalue weighted by Crippen LogP contribution is -2.26. The normalized spacial score (nSPS) is 18.0. The van der Waals surface area contributed by atoms with Crippen molar-refractivity contribution in [3.63, 3.8) is 0 Å². The fourth-order valence-electron chi connectivity index (χ4n) is 2.03. The van der Waals surface area contributed by atoms with Crippen molar-refractivity contribution in [3.8, 4) is 0 Å². The Kier molecular flexibility index (Phi) is 11.6. The summed E-state index contributed by atoms with van der Waals surface area (Å²) < 4.78 is 0. The van der Waals surface area contributed by atoms with Crippen LogP contribution >= 0.6 is 0 Å². The molecule has 120 valence electrons. The number of hydrogen-bond acceptors (Lipinski definition) is 2. The highest BCUT2D eigenvalue weighted by Crippen LogP contribution is 2.09. The molecule has 0 radical (unpaired) electrons. The van der Waals surface area contributed by atoms with Crippen molar-refractivity contribution >= 4 is 5.91 Å². The number of piperidine rings is 1. The van der Waals surface area contributed by atoms with Gasteiger partial charge in [-0.2, -0.15) is 0 Å². The second-order valence-electron chi connectivity index (χ2n) is 5.25. The van der Waals surface area contributed by atoms with E-state index in [0.29, 0.717) is 0 Å². The largest absolute Gasteiger partial charge is 0.326 e. The van der Waals surface area contributed by atoms with E-state index in [4.69, 9.17) is 0 Å². The zero-order chi connectivity index (χ0) is 16.1. The van der Waals surface area contributed by atoms with Gasteiger partial charge < -0.3 is 10.6 Å². The van der Waals surface area contributed by atoms with Crippen LogP contribution in [0.1, 0.15) is 53.9 Å². The topological polar surface area (TPSA) is 41.1 Å². The molecule has 1 fully saturated rings. The molecule has 1 saturated heterocycles. The predicted octanol–water partition coefficient (Wildman–Crippen LogP) is 3.94. The van der Waals surface area contributed by atoms with Crippen LogP contribution in [0.25, 0.3) is 0 Å². The maximum atomic E-state index is 10.8. The molecule has 1 amide bonds. The standard InChI is InChI=1S/C10H13NO.C6H13N.C2H6/c1-8-6-4-3-5-7-10(8)11-9(2)12;1-6-2-4-7-5-3-6;1-2/h4-7H,3H2,1-2H3,(H,11,12);6-7H,2-5H2,1H3;1-2H3. The smallest absolute Gasteiger partial charge is 0.221 e. The first-order valence-electron chi connectivity index (χ1n) is 8.12. The van der Waals surface area contributed by atoms with Gasteiger partial charge in [0.1, 0.15) is 0 Å². The maximum Gasteiger partial charge on any atom is 0.221 e. The fraction of sp³-hybridized carbons (Fsp3) is 0.611. The van der Waals surface area contributed by atoms with E-state index in [0.717, 1.165) is 23.6 Å². The van der Waals surface area contributed by atoms with Gasteiger partial charge >= 0.3 is 0 Å². The molecule has 0 bridgehead atoms. The number of carbonyl (C=O) groups is 1. The summed E-state index contributed by atoms with van der Waals surface area (Å²) in [6.07, 6.45) is 11.7. The maximum absolute atomic E-state index is 10.8. The van der Waals surface area contributed by atoms with E-state index in [-0.39, 0.29) is 5.91 Å². The van der Waals surface area contributed by atoms with E-state index >= 15 is 0 Å². The minimum absolute atomic E-state index is 0.0238. The number of allylic oxidation sites excluding steroid dienone is 5. The molecule has 21 heavy (non-hydrogen) atoms. The molecule has 2 rings (SSSR count). The predicted molar refractivity (Wildman–Crippen MR) is 92.0 cm³/mol. The third-order valence-corrected chi connectivity index (χ3v) is 3.29. The minimum Gasteiger partial charge on any atom is -0.326 e. The number of amides is 1. The molecule has 0 saturated carbocycles. The molecule has 1 aliphatic carbocycles. The zero-order valence-electron chi connectivity index (χ0n) is 14.3. The van der Waals surface area contributed by atoms with Gasteiger partial charge in [0.05, 0.1) is 0 Å². The van der Waals surface area contributed by atoms with E-state index in [2.05, 4.69) is 23.6 Å². The molecule has 1 aliphatic heterocycles. The van der Waals surface area contributed by atoms with E-state index in [1.807, 2.05) is 39.0 Å². The Hall–Kier alpha value is -1.35. The van der Waals surface area contributed by atoms with Crippen LogP contribution in [-0.2, 0) is 4.79 Å². The van der Waals surface area contributed by atoms with Crippen molar-refractivity contribution in [1.29, 1.82) is 0 Å². The molecule has 3 heteroatoms. The van der Waals surface area contributed by atoms with Gasteiger partial charge in [0.2, 0.25) is 5.91 Å². The Labute approximate surface area is 130 Å². The van der Waals surface area contributed by atoms with E-state index < -0.39 is 0 Å². The Morgan fingerprint density at radius 1 is 1.19 bits per heavy atom. The van der Waals surface area contributed by atoms with E-state index in [1.54, 1.807) is 0 Å². The second kappa shape index (κ2) is 12.4. The minimum atomic E-state index is -0.0238. The van der Waals surface area contributed by atoms with Crippen molar-refractivity contribution in [2.24, 2.45) is 5.92 Å². The van der Waals surface area contributed by atoms with Crippen LogP contribution in [0.5, 0.6) is 0 Å². The quantitative estimate of drug-likeness (QED) is 0.768. The monoisotopic (exact) mass is 292 g/mol. The lowest BCUT2D eigenvalue weighted by molar-refractivity contribution is -0.118.